The molecule has 3 aromatic rings. The van der Waals surface area contributed by atoms with Crippen molar-refractivity contribution in [3.63, 3.8) is 0 Å². The molecule has 0 saturated carbocycles. The molecule has 0 bridgehead atoms. The molecule has 1 aromatic carbocycles. The minimum atomic E-state index is -0.179. The van der Waals surface area contributed by atoms with Crippen LogP contribution in [0.1, 0.15) is 30.1 Å². The zero-order valence-electron chi connectivity index (χ0n) is 13.8. The summed E-state index contributed by atoms with van der Waals surface area (Å²) < 4.78 is 18.7. The van der Waals surface area contributed by atoms with Crippen LogP contribution in [0.2, 0.25) is 0 Å². The van der Waals surface area contributed by atoms with Crippen molar-refractivity contribution in [2.75, 3.05) is 13.1 Å². The normalized spacial score (nSPS) is 16.2. The summed E-state index contributed by atoms with van der Waals surface area (Å²) in [6, 6.07) is 12.4. The van der Waals surface area contributed by atoms with E-state index < -0.39 is 0 Å². The highest BCUT2D eigenvalue weighted by molar-refractivity contribution is 5.45. The summed E-state index contributed by atoms with van der Waals surface area (Å²) in [4.78, 5) is 11.1. The molecule has 5 nitrogen and oxygen atoms in total. The molecule has 1 aliphatic heterocycles. The van der Waals surface area contributed by atoms with Gasteiger partial charge in [-0.15, -0.1) is 0 Å². The molecule has 6 heteroatoms. The predicted molar refractivity (Wildman–Crippen MR) is 91.2 cm³/mol. The van der Waals surface area contributed by atoms with Crippen LogP contribution < -0.4 is 0 Å². The molecule has 0 unspecified atom stereocenters. The number of rotatable bonds is 4. The Kier molecular flexibility index (Phi) is 4.52. The Hall–Kier alpha value is -2.60. The average Bonchev–Trinajstić information content (AvgIpc) is 3.13. The molecule has 2 aromatic heterocycles. The van der Waals surface area contributed by atoms with Gasteiger partial charge in [0.2, 0.25) is 0 Å². The number of benzene rings is 1. The van der Waals surface area contributed by atoms with Gasteiger partial charge in [-0.05, 0) is 55.8 Å². The Morgan fingerprint density at radius 1 is 1.12 bits per heavy atom. The average molecular weight is 338 g/mol. The predicted octanol–water partition coefficient (Wildman–Crippen LogP) is 3.65. The third-order valence-electron chi connectivity index (χ3n) is 4.57. The van der Waals surface area contributed by atoms with Crippen molar-refractivity contribution < 1.29 is 8.91 Å². The van der Waals surface area contributed by atoms with E-state index in [9.17, 15) is 4.39 Å². The van der Waals surface area contributed by atoms with Gasteiger partial charge in [-0.25, -0.2) is 4.39 Å². The summed E-state index contributed by atoms with van der Waals surface area (Å²) in [5, 5.41) is 4.14. The second kappa shape index (κ2) is 7.11. The van der Waals surface area contributed by atoms with Crippen LogP contribution in [0.25, 0.3) is 11.6 Å². The quantitative estimate of drug-likeness (QED) is 0.727. The van der Waals surface area contributed by atoms with Gasteiger partial charge in [-0.1, -0.05) is 23.4 Å². The fraction of sp³-hybridized carbons (Fsp3) is 0.316. The molecular formula is C19H19FN4O. The molecule has 0 aliphatic carbocycles. The van der Waals surface area contributed by atoms with Gasteiger partial charge in [-0.3, -0.25) is 9.88 Å². The number of hydrogen-bond acceptors (Lipinski definition) is 5. The first kappa shape index (κ1) is 15.9. The summed E-state index contributed by atoms with van der Waals surface area (Å²) in [6.07, 6.45) is 3.65. The fourth-order valence-electron chi connectivity index (χ4n) is 3.24. The fourth-order valence-corrected chi connectivity index (χ4v) is 3.24. The van der Waals surface area contributed by atoms with Crippen LogP contribution in [0.3, 0.4) is 0 Å². The van der Waals surface area contributed by atoms with Crippen LogP contribution in [0.5, 0.6) is 0 Å². The van der Waals surface area contributed by atoms with E-state index in [2.05, 4.69) is 20.0 Å². The molecule has 1 aliphatic rings. The Bertz CT molecular complexity index is 828. The van der Waals surface area contributed by atoms with E-state index in [0.29, 0.717) is 17.5 Å². The molecule has 128 valence electrons. The Balaban J connectivity index is 1.37. The Morgan fingerprint density at radius 3 is 2.76 bits per heavy atom. The number of piperidine rings is 1. The lowest BCUT2D eigenvalue weighted by Crippen LogP contribution is -2.32. The van der Waals surface area contributed by atoms with Gasteiger partial charge < -0.3 is 4.52 Å². The first-order valence-corrected chi connectivity index (χ1v) is 8.50. The molecular weight excluding hydrogens is 319 g/mol. The van der Waals surface area contributed by atoms with Gasteiger partial charge in [0.15, 0.2) is 5.82 Å². The summed E-state index contributed by atoms with van der Waals surface area (Å²) in [6.45, 7) is 2.65. The van der Waals surface area contributed by atoms with E-state index in [0.717, 1.165) is 43.9 Å². The van der Waals surface area contributed by atoms with E-state index >= 15 is 0 Å². The molecule has 0 radical (unpaired) electrons. The maximum absolute atomic E-state index is 13.3. The van der Waals surface area contributed by atoms with Gasteiger partial charge in [0, 0.05) is 18.7 Å². The highest BCUT2D eigenvalue weighted by atomic mass is 19.1. The molecule has 0 amide bonds. The minimum absolute atomic E-state index is 0.179. The molecule has 0 atom stereocenters. The third kappa shape index (κ3) is 3.74. The molecule has 25 heavy (non-hydrogen) atoms. The van der Waals surface area contributed by atoms with Crippen molar-refractivity contribution in [2.45, 2.75) is 25.3 Å². The molecule has 4 rings (SSSR count). The summed E-state index contributed by atoms with van der Waals surface area (Å²) in [7, 11) is 0. The highest BCUT2D eigenvalue weighted by Crippen LogP contribution is 2.28. The number of aromatic nitrogens is 3. The number of hydrogen-bond donors (Lipinski definition) is 0. The van der Waals surface area contributed by atoms with Crippen LogP contribution in [0, 0.1) is 5.82 Å². The monoisotopic (exact) mass is 338 g/mol. The SMILES string of the molecule is Fc1cccc(CN2CCC(c3noc(-c4ccccn4)n3)CC2)c1. The van der Waals surface area contributed by atoms with Gasteiger partial charge in [0.1, 0.15) is 11.5 Å². The third-order valence-corrected chi connectivity index (χ3v) is 4.57. The van der Waals surface area contributed by atoms with Crippen LogP contribution in [-0.4, -0.2) is 33.1 Å². The molecule has 1 fully saturated rings. The first-order chi connectivity index (χ1) is 12.3. The van der Waals surface area contributed by atoms with E-state index in [1.807, 2.05) is 24.3 Å². The second-order valence-electron chi connectivity index (χ2n) is 6.35. The minimum Gasteiger partial charge on any atom is -0.332 e. The van der Waals surface area contributed by atoms with Gasteiger partial charge >= 0.3 is 0 Å². The zero-order chi connectivity index (χ0) is 17.1. The number of pyridine rings is 1. The summed E-state index contributed by atoms with van der Waals surface area (Å²) >= 11 is 0. The van der Waals surface area contributed by atoms with Gasteiger partial charge in [0.25, 0.3) is 5.89 Å². The van der Waals surface area contributed by atoms with E-state index in [4.69, 9.17) is 4.52 Å². The summed E-state index contributed by atoms with van der Waals surface area (Å²) in [5.74, 6) is 1.34. The molecule has 0 spiro atoms. The van der Waals surface area contributed by atoms with E-state index in [1.54, 1.807) is 18.3 Å². The van der Waals surface area contributed by atoms with Crippen LogP contribution in [0.4, 0.5) is 4.39 Å². The topological polar surface area (TPSA) is 55.1 Å². The van der Waals surface area contributed by atoms with Crippen molar-refractivity contribution in [3.8, 4) is 11.6 Å². The lowest BCUT2D eigenvalue weighted by molar-refractivity contribution is 0.200. The van der Waals surface area contributed by atoms with Gasteiger partial charge in [-0.2, -0.15) is 4.98 Å². The molecule has 3 heterocycles. The zero-order valence-corrected chi connectivity index (χ0v) is 13.8. The van der Waals surface area contributed by atoms with Crippen molar-refractivity contribution in [3.05, 3.63) is 65.9 Å². The van der Waals surface area contributed by atoms with E-state index in [-0.39, 0.29) is 5.82 Å². The first-order valence-electron chi connectivity index (χ1n) is 8.50. The smallest absolute Gasteiger partial charge is 0.276 e. The standard InChI is InChI=1S/C19H19FN4O/c20-16-5-3-4-14(12-16)13-24-10-7-15(8-11-24)18-22-19(25-23-18)17-6-1-2-9-21-17/h1-6,9,12,15H,7-8,10-11,13H2. The lowest BCUT2D eigenvalue weighted by atomic mass is 9.96. The van der Waals surface area contributed by atoms with Crippen molar-refractivity contribution in [1.29, 1.82) is 0 Å². The van der Waals surface area contributed by atoms with Crippen LogP contribution in [0.15, 0.2) is 53.2 Å². The Morgan fingerprint density at radius 2 is 2.00 bits per heavy atom. The van der Waals surface area contributed by atoms with E-state index in [1.165, 1.54) is 6.07 Å². The molecule has 0 N–H and O–H groups in total. The summed E-state index contributed by atoms with van der Waals surface area (Å²) in [5.41, 5.74) is 1.71. The van der Waals surface area contributed by atoms with Gasteiger partial charge in [0.05, 0.1) is 0 Å². The Labute approximate surface area is 145 Å². The maximum Gasteiger partial charge on any atom is 0.276 e. The highest BCUT2D eigenvalue weighted by Gasteiger charge is 2.25. The number of nitrogens with zero attached hydrogens (tertiary/aromatic N) is 4. The number of likely N-dealkylation sites (tertiary alicyclic amines) is 1. The van der Waals surface area contributed by atoms with Crippen LogP contribution in [-0.2, 0) is 6.54 Å². The van der Waals surface area contributed by atoms with Crippen molar-refractivity contribution >= 4 is 0 Å². The molecule has 1 saturated heterocycles. The number of halogens is 1. The van der Waals surface area contributed by atoms with Crippen molar-refractivity contribution in [2.24, 2.45) is 0 Å². The van der Waals surface area contributed by atoms with Crippen molar-refractivity contribution in [1.82, 2.24) is 20.0 Å². The van der Waals surface area contributed by atoms with Crippen LogP contribution >= 0.6 is 0 Å². The maximum atomic E-state index is 13.3. The lowest BCUT2D eigenvalue weighted by Gasteiger charge is -2.30. The second-order valence-corrected chi connectivity index (χ2v) is 6.35. The largest absolute Gasteiger partial charge is 0.332 e.